The third-order valence-electron chi connectivity index (χ3n) is 2.29. The van der Waals surface area contributed by atoms with Crippen LogP contribution in [0.25, 0.3) is 0 Å². The van der Waals surface area contributed by atoms with Gasteiger partial charge in [0.25, 0.3) is 0 Å². The number of rotatable bonds is 5. The first kappa shape index (κ1) is 11.8. The predicted molar refractivity (Wildman–Crippen MR) is 68.4 cm³/mol. The van der Waals surface area contributed by atoms with Gasteiger partial charge >= 0.3 is 0 Å². The average molecular weight is 301 g/mol. The number of aryl methyl sites for hydroxylation is 1. The lowest BCUT2D eigenvalue weighted by Gasteiger charge is -2.02. The van der Waals surface area contributed by atoms with E-state index in [0.29, 0.717) is 0 Å². The number of nitrogens with one attached hydrogen (secondary N) is 1. The van der Waals surface area contributed by atoms with Gasteiger partial charge in [-0.3, -0.25) is 4.68 Å². The van der Waals surface area contributed by atoms with E-state index in [-0.39, 0.29) is 0 Å². The zero-order chi connectivity index (χ0) is 11.4. The van der Waals surface area contributed by atoms with E-state index < -0.39 is 0 Å². The lowest BCUT2D eigenvalue weighted by Crippen LogP contribution is -2.18. The van der Waals surface area contributed by atoms with Crippen LogP contribution in [-0.2, 0) is 20.0 Å². The first-order chi connectivity index (χ1) is 7.75. The fourth-order valence-electron chi connectivity index (χ4n) is 1.39. The molecular weight excluding hydrogens is 288 g/mol. The van der Waals surface area contributed by atoms with Crippen molar-refractivity contribution < 1.29 is 0 Å². The lowest BCUT2D eigenvalue weighted by molar-refractivity contribution is 0.618. The Morgan fingerprint density at radius 3 is 3.00 bits per heavy atom. The molecule has 0 radical (unpaired) electrons. The largest absolute Gasteiger partial charge is 0.311 e. The second kappa shape index (κ2) is 5.56. The minimum atomic E-state index is 0.816. The molecule has 0 aromatic carbocycles. The minimum absolute atomic E-state index is 0.816. The number of nitrogens with zero attached hydrogens (tertiary/aromatic N) is 3. The fourth-order valence-corrected chi connectivity index (χ4v) is 2.87. The summed E-state index contributed by atoms with van der Waals surface area (Å²) in [6, 6.07) is 4.24. The second-order valence-corrected chi connectivity index (χ2v) is 6.03. The molecule has 6 heteroatoms. The summed E-state index contributed by atoms with van der Waals surface area (Å²) < 4.78 is 2.98. The molecule has 0 bridgehead atoms. The standard InChI is InChI=1S/C10H13BrN4S/c1-15-8(7-13-14-15)6-12-5-4-9-2-3-10(11)16-9/h2-3,7,12H,4-6H2,1H3. The molecule has 0 amide bonds. The Balaban J connectivity index is 1.71. The molecule has 86 valence electrons. The normalized spacial score (nSPS) is 10.9. The van der Waals surface area contributed by atoms with Crippen molar-refractivity contribution in [1.82, 2.24) is 20.3 Å². The summed E-state index contributed by atoms with van der Waals surface area (Å²) in [6.07, 6.45) is 2.84. The van der Waals surface area contributed by atoms with Crippen LogP contribution in [0, 0.1) is 0 Å². The zero-order valence-corrected chi connectivity index (χ0v) is 11.4. The van der Waals surface area contributed by atoms with Gasteiger partial charge in [-0.1, -0.05) is 5.21 Å². The van der Waals surface area contributed by atoms with E-state index >= 15 is 0 Å². The molecule has 1 N–H and O–H groups in total. The molecule has 4 nitrogen and oxygen atoms in total. The van der Waals surface area contributed by atoms with Crippen LogP contribution in [-0.4, -0.2) is 21.5 Å². The number of hydrogen-bond acceptors (Lipinski definition) is 4. The highest BCUT2D eigenvalue weighted by atomic mass is 79.9. The van der Waals surface area contributed by atoms with E-state index in [4.69, 9.17) is 0 Å². The van der Waals surface area contributed by atoms with E-state index in [1.54, 1.807) is 22.2 Å². The molecule has 0 aliphatic rings. The summed E-state index contributed by atoms with van der Waals surface area (Å²) in [5.74, 6) is 0. The lowest BCUT2D eigenvalue weighted by atomic mass is 10.3. The van der Waals surface area contributed by atoms with Gasteiger partial charge in [-0.05, 0) is 34.5 Å². The third kappa shape index (κ3) is 3.13. The zero-order valence-electron chi connectivity index (χ0n) is 8.98. The molecule has 16 heavy (non-hydrogen) atoms. The highest BCUT2D eigenvalue weighted by molar-refractivity contribution is 9.11. The van der Waals surface area contributed by atoms with Crippen LogP contribution in [0.4, 0.5) is 0 Å². The highest BCUT2D eigenvalue weighted by Crippen LogP contribution is 2.21. The molecule has 2 rings (SSSR count). The van der Waals surface area contributed by atoms with E-state index in [2.05, 4.69) is 43.7 Å². The number of aromatic nitrogens is 3. The van der Waals surface area contributed by atoms with Gasteiger partial charge in [0.05, 0.1) is 15.7 Å². The molecule has 0 saturated heterocycles. The number of thiophene rings is 1. The van der Waals surface area contributed by atoms with Crippen molar-refractivity contribution in [2.45, 2.75) is 13.0 Å². The van der Waals surface area contributed by atoms with Crippen LogP contribution in [0.5, 0.6) is 0 Å². The number of halogens is 1. The maximum atomic E-state index is 3.88. The Hall–Kier alpha value is -0.720. The van der Waals surface area contributed by atoms with Gasteiger partial charge in [0, 0.05) is 25.0 Å². The van der Waals surface area contributed by atoms with Crippen LogP contribution in [0.1, 0.15) is 10.6 Å². The van der Waals surface area contributed by atoms with Crippen LogP contribution in [0.15, 0.2) is 22.1 Å². The summed E-state index contributed by atoms with van der Waals surface area (Å²) >= 11 is 5.25. The Morgan fingerprint density at radius 2 is 2.38 bits per heavy atom. The summed E-state index contributed by atoms with van der Waals surface area (Å²) in [5, 5.41) is 11.1. The SMILES string of the molecule is Cn1nncc1CNCCc1ccc(Br)s1. The third-order valence-corrected chi connectivity index (χ3v) is 3.97. The van der Waals surface area contributed by atoms with Crippen molar-refractivity contribution >= 4 is 27.3 Å². The Morgan fingerprint density at radius 1 is 1.50 bits per heavy atom. The van der Waals surface area contributed by atoms with Gasteiger partial charge in [0.2, 0.25) is 0 Å². The van der Waals surface area contributed by atoms with E-state index in [1.807, 2.05) is 7.05 Å². The Labute approximate surface area is 107 Å². The summed E-state index contributed by atoms with van der Waals surface area (Å²) in [4.78, 5) is 1.39. The van der Waals surface area contributed by atoms with Gasteiger partial charge in [0.1, 0.15) is 0 Å². The fraction of sp³-hybridized carbons (Fsp3) is 0.400. The Kier molecular flexibility index (Phi) is 4.09. The minimum Gasteiger partial charge on any atom is -0.311 e. The molecule has 0 saturated carbocycles. The van der Waals surface area contributed by atoms with Crippen LogP contribution >= 0.6 is 27.3 Å². The van der Waals surface area contributed by atoms with Crippen molar-refractivity contribution in [2.24, 2.45) is 7.05 Å². The van der Waals surface area contributed by atoms with Gasteiger partial charge in [-0.15, -0.1) is 16.4 Å². The second-order valence-electron chi connectivity index (χ2n) is 3.48. The van der Waals surface area contributed by atoms with E-state index in [9.17, 15) is 0 Å². The van der Waals surface area contributed by atoms with Crippen molar-refractivity contribution in [3.63, 3.8) is 0 Å². The molecule has 0 atom stereocenters. The molecular formula is C10H13BrN4S. The highest BCUT2D eigenvalue weighted by Gasteiger charge is 2.00. The quantitative estimate of drug-likeness (QED) is 0.859. The van der Waals surface area contributed by atoms with E-state index in [1.165, 1.54) is 8.66 Å². The Bertz CT molecular complexity index is 451. The molecule has 2 aromatic rings. The first-order valence-corrected chi connectivity index (χ1v) is 6.65. The molecule has 0 aliphatic heterocycles. The van der Waals surface area contributed by atoms with Gasteiger partial charge in [-0.2, -0.15) is 0 Å². The van der Waals surface area contributed by atoms with Crippen LogP contribution in [0.2, 0.25) is 0 Å². The monoisotopic (exact) mass is 300 g/mol. The maximum Gasteiger partial charge on any atom is 0.0738 e. The molecule has 2 aromatic heterocycles. The maximum absolute atomic E-state index is 3.88. The van der Waals surface area contributed by atoms with Crippen molar-refractivity contribution in [1.29, 1.82) is 0 Å². The van der Waals surface area contributed by atoms with Crippen LogP contribution in [0.3, 0.4) is 0 Å². The average Bonchev–Trinajstić information content (AvgIpc) is 2.83. The van der Waals surface area contributed by atoms with Crippen molar-refractivity contribution in [3.8, 4) is 0 Å². The molecule has 0 aliphatic carbocycles. The molecule has 0 spiro atoms. The van der Waals surface area contributed by atoms with Crippen molar-refractivity contribution in [2.75, 3.05) is 6.54 Å². The van der Waals surface area contributed by atoms with Gasteiger partial charge < -0.3 is 5.32 Å². The smallest absolute Gasteiger partial charge is 0.0738 e. The van der Waals surface area contributed by atoms with Gasteiger partial charge in [0.15, 0.2) is 0 Å². The molecule has 0 fully saturated rings. The number of hydrogen-bond donors (Lipinski definition) is 1. The van der Waals surface area contributed by atoms with Crippen molar-refractivity contribution in [3.05, 3.63) is 32.7 Å². The van der Waals surface area contributed by atoms with Crippen LogP contribution < -0.4 is 5.32 Å². The predicted octanol–water partition coefficient (Wildman–Crippen LogP) is 1.97. The summed E-state index contributed by atoms with van der Waals surface area (Å²) in [7, 11) is 1.90. The summed E-state index contributed by atoms with van der Waals surface area (Å²) in [5.41, 5.74) is 1.10. The molecule has 2 heterocycles. The first-order valence-electron chi connectivity index (χ1n) is 5.04. The molecule has 0 unspecified atom stereocenters. The summed E-state index contributed by atoms with van der Waals surface area (Å²) in [6.45, 7) is 1.79. The van der Waals surface area contributed by atoms with E-state index in [0.717, 1.165) is 25.2 Å². The topological polar surface area (TPSA) is 42.7 Å². The van der Waals surface area contributed by atoms with Gasteiger partial charge in [-0.25, -0.2) is 0 Å².